The zero-order valence-corrected chi connectivity index (χ0v) is 13.8. The number of amides is 1. The van der Waals surface area contributed by atoms with Gasteiger partial charge in [-0.25, -0.2) is 0 Å². The standard InChI is InChI=1S/C14H21N3O.2ClH.H2O/c1-10(15)11-2-6-14(7-3-11,13(16)18)12-4-8-17-9-5-12;;;/h4-5,8-11H,2-3,6-7,15H2,1H3,(H2,16,18);2*1H;1H2/t10-,11-,14-;;;/m1.../s1. The van der Waals surface area contributed by atoms with Gasteiger partial charge in [0, 0.05) is 18.4 Å². The molecule has 5 nitrogen and oxygen atoms in total. The molecular formula is C14H25Cl2N3O2. The van der Waals surface area contributed by atoms with Gasteiger partial charge in [-0.3, -0.25) is 9.78 Å². The molecule has 0 unspecified atom stereocenters. The minimum absolute atomic E-state index is 0. The highest BCUT2D eigenvalue weighted by Gasteiger charge is 2.42. The van der Waals surface area contributed by atoms with Crippen LogP contribution >= 0.6 is 24.8 Å². The quantitative estimate of drug-likeness (QED) is 0.867. The fraction of sp³-hybridized carbons (Fsp3) is 0.571. The number of hydrogen-bond donors (Lipinski definition) is 2. The lowest BCUT2D eigenvalue weighted by Gasteiger charge is -2.39. The van der Waals surface area contributed by atoms with Crippen LogP contribution in [-0.4, -0.2) is 22.4 Å². The molecule has 1 aliphatic carbocycles. The molecule has 0 spiro atoms. The number of nitrogens with zero attached hydrogens (tertiary/aromatic N) is 1. The summed E-state index contributed by atoms with van der Waals surface area (Å²) in [6.07, 6.45) is 6.94. The lowest BCUT2D eigenvalue weighted by Crippen LogP contribution is -2.46. The van der Waals surface area contributed by atoms with E-state index in [9.17, 15) is 4.79 Å². The summed E-state index contributed by atoms with van der Waals surface area (Å²) in [4.78, 5) is 15.9. The van der Waals surface area contributed by atoms with E-state index in [1.807, 2.05) is 19.1 Å². The van der Waals surface area contributed by atoms with E-state index in [-0.39, 0.29) is 42.2 Å². The Morgan fingerprint density at radius 1 is 1.29 bits per heavy atom. The Hall–Kier alpha value is -0.880. The Morgan fingerprint density at radius 3 is 2.14 bits per heavy atom. The predicted octanol–water partition coefficient (Wildman–Crippen LogP) is 1.36. The molecule has 1 aromatic heterocycles. The highest BCUT2D eigenvalue weighted by Crippen LogP contribution is 2.41. The van der Waals surface area contributed by atoms with Crippen molar-refractivity contribution in [1.29, 1.82) is 0 Å². The Kier molecular flexibility index (Phi) is 9.82. The van der Waals surface area contributed by atoms with Gasteiger partial charge < -0.3 is 16.9 Å². The van der Waals surface area contributed by atoms with Crippen molar-refractivity contribution in [1.82, 2.24) is 4.98 Å². The molecule has 0 aliphatic heterocycles. The average Bonchev–Trinajstić information content (AvgIpc) is 2.39. The van der Waals surface area contributed by atoms with Crippen LogP contribution in [0.15, 0.2) is 24.5 Å². The Balaban J connectivity index is 0. The molecule has 7 heteroatoms. The van der Waals surface area contributed by atoms with Gasteiger partial charge in [-0.1, -0.05) is 0 Å². The Labute approximate surface area is 138 Å². The highest BCUT2D eigenvalue weighted by molar-refractivity contribution is 5.86. The molecule has 21 heavy (non-hydrogen) atoms. The largest absolute Gasteiger partial charge is 0.412 e. The van der Waals surface area contributed by atoms with Gasteiger partial charge in [0.25, 0.3) is 0 Å². The molecular weight excluding hydrogens is 313 g/mol. The molecule has 0 radical (unpaired) electrons. The molecule has 1 fully saturated rings. The number of nitrogens with two attached hydrogens (primary N) is 2. The zero-order chi connectivity index (χ0) is 13.2. The van der Waals surface area contributed by atoms with Crippen LogP contribution in [0.2, 0.25) is 0 Å². The molecule has 1 amide bonds. The van der Waals surface area contributed by atoms with Gasteiger partial charge in [0.1, 0.15) is 0 Å². The summed E-state index contributed by atoms with van der Waals surface area (Å²) in [5.74, 6) is 0.274. The number of primary amides is 1. The first-order chi connectivity index (χ1) is 8.56. The number of carbonyl (C=O) groups is 1. The normalized spacial score (nSPS) is 25.5. The first kappa shape index (κ1) is 22.4. The molecule has 1 saturated carbocycles. The van der Waals surface area contributed by atoms with E-state index in [4.69, 9.17) is 11.5 Å². The minimum Gasteiger partial charge on any atom is -0.412 e. The monoisotopic (exact) mass is 337 g/mol. The molecule has 1 aromatic rings. The van der Waals surface area contributed by atoms with Crippen LogP contribution in [0, 0.1) is 5.92 Å². The van der Waals surface area contributed by atoms with Crippen LogP contribution < -0.4 is 11.5 Å². The van der Waals surface area contributed by atoms with Crippen LogP contribution in [0.1, 0.15) is 38.2 Å². The van der Waals surface area contributed by atoms with Crippen molar-refractivity contribution in [3.63, 3.8) is 0 Å². The lowest BCUT2D eigenvalue weighted by molar-refractivity contribution is -0.125. The maximum absolute atomic E-state index is 11.9. The highest BCUT2D eigenvalue weighted by atomic mass is 35.5. The average molecular weight is 338 g/mol. The summed E-state index contributed by atoms with van der Waals surface area (Å²) < 4.78 is 0. The third-order valence-corrected chi connectivity index (χ3v) is 4.33. The van der Waals surface area contributed by atoms with E-state index in [1.165, 1.54) is 0 Å². The minimum atomic E-state index is -0.520. The lowest BCUT2D eigenvalue weighted by atomic mass is 9.65. The number of pyridine rings is 1. The molecule has 1 heterocycles. The summed E-state index contributed by atoms with van der Waals surface area (Å²) >= 11 is 0. The summed E-state index contributed by atoms with van der Waals surface area (Å²) in [7, 11) is 0. The fourth-order valence-corrected chi connectivity index (χ4v) is 3.01. The van der Waals surface area contributed by atoms with E-state index in [0.29, 0.717) is 5.92 Å². The summed E-state index contributed by atoms with van der Waals surface area (Å²) in [5.41, 5.74) is 12.1. The van der Waals surface area contributed by atoms with E-state index in [1.54, 1.807) is 12.4 Å². The smallest absolute Gasteiger partial charge is 0.228 e. The number of aromatic nitrogens is 1. The first-order valence-corrected chi connectivity index (χ1v) is 6.52. The number of carbonyl (C=O) groups excluding carboxylic acids is 1. The van der Waals surface area contributed by atoms with Crippen molar-refractivity contribution in [3.05, 3.63) is 30.1 Å². The van der Waals surface area contributed by atoms with Gasteiger partial charge >= 0.3 is 0 Å². The Bertz CT molecular complexity index is 421. The summed E-state index contributed by atoms with van der Waals surface area (Å²) in [6, 6.07) is 3.99. The second-order valence-corrected chi connectivity index (χ2v) is 5.38. The molecule has 1 aliphatic rings. The van der Waals surface area contributed by atoms with Gasteiger partial charge in [-0.2, -0.15) is 0 Å². The fourth-order valence-electron chi connectivity index (χ4n) is 3.01. The zero-order valence-electron chi connectivity index (χ0n) is 12.1. The van der Waals surface area contributed by atoms with Gasteiger partial charge in [-0.15, -0.1) is 24.8 Å². The molecule has 122 valence electrons. The molecule has 0 saturated heterocycles. The Morgan fingerprint density at radius 2 is 1.76 bits per heavy atom. The second-order valence-electron chi connectivity index (χ2n) is 5.38. The van der Waals surface area contributed by atoms with Crippen molar-refractivity contribution in [3.8, 4) is 0 Å². The molecule has 0 bridgehead atoms. The van der Waals surface area contributed by atoms with Crippen LogP contribution in [0.5, 0.6) is 0 Å². The summed E-state index contributed by atoms with van der Waals surface area (Å²) in [6.45, 7) is 2.04. The second kappa shape index (κ2) is 9.20. The summed E-state index contributed by atoms with van der Waals surface area (Å²) in [5, 5.41) is 0. The third-order valence-electron chi connectivity index (χ3n) is 4.33. The van der Waals surface area contributed by atoms with E-state index < -0.39 is 5.41 Å². The van der Waals surface area contributed by atoms with Crippen molar-refractivity contribution in [2.75, 3.05) is 0 Å². The predicted molar refractivity (Wildman–Crippen MR) is 88.8 cm³/mol. The third kappa shape index (κ3) is 4.54. The number of hydrogen-bond acceptors (Lipinski definition) is 3. The maximum atomic E-state index is 11.9. The van der Waals surface area contributed by atoms with E-state index in [2.05, 4.69) is 4.98 Å². The SMILES string of the molecule is C[C@@H](N)[C@H]1CC[C@@](C(N)=O)(c2ccncc2)CC1.Cl.Cl.O. The van der Waals surface area contributed by atoms with Crippen molar-refractivity contribution in [2.45, 2.75) is 44.1 Å². The van der Waals surface area contributed by atoms with E-state index in [0.717, 1.165) is 31.2 Å². The van der Waals surface area contributed by atoms with Gasteiger partial charge in [-0.05, 0) is 56.2 Å². The van der Waals surface area contributed by atoms with E-state index >= 15 is 0 Å². The van der Waals surface area contributed by atoms with Crippen molar-refractivity contribution < 1.29 is 10.3 Å². The number of halogens is 2. The molecule has 6 N–H and O–H groups in total. The van der Waals surface area contributed by atoms with Crippen LogP contribution in [0.3, 0.4) is 0 Å². The van der Waals surface area contributed by atoms with Crippen molar-refractivity contribution in [2.24, 2.45) is 17.4 Å². The topological polar surface area (TPSA) is 114 Å². The van der Waals surface area contributed by atoms with Gasteiger partial charge in [0.15, 0.2) is 0 Å². The molecule has 2 rings (SSSR count). The van der Waals surface area contributed by atoms with Crippen LogP contribution in [0.25, 0.3) is 0 Å². The maximum Gasteiger partial charge on any atom is 0.228 e. The first-order valence-electron chi connectivity index (χ1n) is 6.52. The van der Waals surface area contributed by atoms with Crippen LogP contribution in [0.4, 0.5) is 0 Å². The van der Waals surface area contributed by atoms with Crippen LogP contribution in [-0.2, 0) is 10.2 Å². The van der Waals surface area contributed by atoms with Gasteiger partial charge in [0.2, 0.25) is 5.91 Å². The molecule has 0 aromatic carbocycles. The number of rotatable bonds is 3. The van der Waals surface area contributed by atoms with Crippen molar-refractivity contribution >= 4 is 30.7 Å². The van der Waals surface area contributed by atoms with Gasteiger partial charge in [0.05, 0.1) is 5.41 Å². The molecule has 1 atom stereocenters.